The van der Waals surface area contributed by atoms with Crippen molar-refractivity contribution in [2.24, 2.45) is 0 Å². The third-order valence-corrected chi connectivity index (χ3v) is 5.61. The molecule has 2 heterocycles. The molecule has 1 aliphatic rings. The van der Waals surface area contributed by atoms with Gasteiger partial charge in [0.1, 0.15) is 0 Å². The Bertz CT molecular complexity index is 1020. The minimum Gasteiger partial charge on any atom is -0.316 e. The first-order valence-electron chi connectivity index (χ1n) is 8.31. The van der Waals surface area contributed by atoms with E-state index in [1.807, 2.05) is 36.4 Å². The number of allylic oxidation sites excluding steroid dienone is 1. The summed E-state index contributed by atoms with van der Waals surface area (Å²) in [5.74, 6) is 0.521. The van der Waals surface area contributed by atoms with Crippen molar-refractivity contribution in [2.75, 3.05) is 5.75 Å². The van der Waals surface area contributed by atoms with Gasteiger partial charge in [-0.15, -0.1) is 11.8 Å². The highest BCUT2D eigenvalue weighted by Gasteiger charge is 2.31. The Morgan fingerprint density at radius 2 is 2.00 bits per heavy atom. The van der Waals surface area contributed by atoms with Crippen molar-refractivity contribution in [2.45, 2.75) is 12.8 Å². The summed E-state index contributed by atoms with van der Waals surface area (Å²) in [5, 5.41) is 11.3. The van der Waals surface area contributed by atoms with Gasteiger partial charge in [0.25, 0.3) is 5.91 Å². The van der Waals surface area contributed by atoms with Gasteiger partial charge in [-0.25, -0.2) is 0 Å². The lowest BCUT2D eigenvalue weighted by molar-refractivity contribution is -0.113. The molecule has 1 amide bonds. The van der Waals surface area contributed by atoms with Crippen LogP contribution in [0.25, 0.3) is 10.9 Å². The highest BCUT2D eigenvalue weighted by Crippen LogP contribution is 2.41. The van der Waals surface area contributed by atoms with Crippen LogP contribution in [-0.4, -0.2) is 27.6 Å². The van der Waals surface area contributed by atoms with E-state index in [1.54, 1.807) is 25.3 Å². The van der Waals surface area contributed by atoms with Gasteiger partial charge < -0.3 is 5.32 Å². The highest BCUT2D eigenvalue weighted by molar-refractivity contribution is 8.03. The number of hydrogen-bond donors (Lipinski definition) is 2. The van der Waals surface area contributed by atoms with E-state index in [1.165, 1.54) is 11.8 Å². The lowest BCUT2D eigenvalue weighted by atomic mass is 9.91. The fraction of sp³-hybridized carbons (Fsp3) is 0.150. The number of Topliss-reactive ketones (excluding diaryl/α,β-unsaturated/α-hetero) is 1. The van der Waals surface area contributed by atoms with Crippen LogP contribution in [-0.2, 0) is 4.79 Å². The van der Waals surface area contributed by atoms with Gasteiger partial charge in [0, 0.05) is 28.2 Å². The number of ketones is 1. The van der Waals surface area contributed by atoms with Crippen LogP contribution in [0, 0.1) is 0 Å². The fourth-order valence-corrected chi connectivity index (χ4v) is 4.50. The lowest BCUT2D eigenvalue weighted by Crippen LogP contribution is -2.23. The summed E-state index contributed by atoms with van der Waals surface area (Å²) in [6, 6.07) is 15.3. The molecule has 0 aliphatic carbocycles. The Kier molecular flexibility index (Phi) is 4.34. The maximum atomic E-state index is 12.7. The molecule has 0 radical (unpaired) electrons. The Labute approximate surface area is 154 Å². The summed E-state index contributed by atoms with van der Waals surface area (Å²) in [4.78, 5) is 24.9. The van der Waals surface area contributed by atoms with Gasteiger partial charge in [-0.05, 0) is 30.7 Å². The Hall–Kier alpha value is -2.86. The maximum absolute atomic E-state index is 12.7. The zero-order valence-corrected chi connectivity index (χ0v) is 15.0. The highest BCUT2D eigenvalue weighted by atomic mass is 32.2. The van der Waals surface area contributed by atoms with Crippen LogP contribution < -0.4 is 5.32 Å². The van der Waals surface area contributed by atoms with E-state index in [2.05, 4.69) is 15.5 Å². The average molecular weight is 363 g/mol. The molecule has 6 heteroatoms. The predicted octanol–water partition coefficient (Wildman–Crippen LogP) is 3.62. The molecular weight excluding hydrogens is 346 g/mol. The number of hydrogen-bond acceptors (Lipinski definition) is 4. The second kappa shape index (κ2) is 6.80. The monoisotopic (exact) mass is 363 g/mol. The molecule has 0 fully saturated rings. The molecule has 2 N–H and O–H groups in total. The molecule has 1 aliphatic heterocycles. The fourth-order valence-electron chi connectivity index (χ4n) is 3.20. The molecule has 26 heavy (non-hydrogen) atoms. The van der Waals surface area contributed by atoms with Gasteiger partial charge in [-0.3, -0.25) is 14.7 Å². The van der Waals surface area contributed by atoms with Crippen LogP contribution in [0.15, 0.2) is 65.3 Å². The number of H-pyrrole nitrogens is 1. The molecular formula is C20H17N3O2S. The molecule has 4 rings (SSSR count). The van der Waals surface area contributed by atoms with E-state index >= 15 is 0 Å². The number of nitrogens with one attached hydrogen (secondary N) is 2. The number of thioether (sulfide) groups is 1. The number of amides is 1. The summed E-state index contributed by atoms with van der Waals surface area (Å²) >= 11 is 1.52. The van der Waals surface area contributed by atoms with E-state index in [-0.39, 0.29) is 17.6 Å². The molecule has 5 nitrogen and oxygen atoms in total. The normalized spacial score (nSPS) is 16.9. The maximum Gasteiger partial charge on any atom is 0.256 e. The SMILES string of the molecule is CC(=O)C1=C(NC(=O)c2ccc3[nH]ncc3c2)SCC1c1ccccc1. The molecule has 1 aromatic heterocycles. The van der Waals surface area contributed by atoms with E-state index in [4.69, 9.17) is 0 Å². The number of nitrogens with zero attached hydrogens (tertiary/aromatic N) is 1. The topological polar surface area (TPSA) is 74.8 Å². The zero-order chi connectivity index (χ0) is 18.1. The first-order chi connectivity index (χ1) is 12.6. The van der Waals surface area contributed by atoms with Crippen LogP contribution in [0.1, 0.15) is 28.8 Å². The Morgan fingerprint density at radius 1 is 1.19 bits per heavy atom. The molecule has 2 aromatic carbocycles. The molecule has 0 bridgehead atoms. The number of aromatic amines is 1. The minimum absolute atomic E-state index is 0.00496. The smallest absolute Gasteiger partial charge is 0.256 e. The van der Waals surface area contributed by atoms with Gasteiger partial charge in [0.15, 0.2) is 5.78 Å². The number of carbonyl (C=O) groups excluding carboxylic acids is 2. The lowest BCUT2D eigenvalue weighted by Gasteiger charge is -2.13. The predicted molar refractivity (Wildman–Crippen MR) is 103 cm³/mol. The molecule has 1 atom stereocenters. The summed E-state index contributed by atoms with van der Waals surface area (Å²) in [7, 11) is 0. The molecule has 130 valence electrons. The third-order valence-electron chi connectivity index (χ3n) is 4.50. The van der Waals surface area contributed by atoms with Crippen LogP contribution in [0.2, 0.25) is 0 Å². The van der Waals surface area contributed by atoms with Crippen LogP contribution in [0.5, 0.6) is 0 Å². The summed E-state index contributed by atoms with van der Waals surface area (Å²) in [6.45, 7) is 1.56. The Balaban J connectivity index is 1.63. The van der Waals surface area contributed by atoms with Crippen molar-refractivity contribution in [1.82, 2.24) is 15.5 Å². The van der Waals surface area contributed by atoms with E-state index in [9.17, 15) is 9.59 Å². The summed E-state index contributed by atoms with van der Waals surface area (Å²) in [6.07, 6.45) is 1.68. The van der Waals surface area contributed by atoms with Gasteiger partial charge in [-0.2, -0.15) is 5.10 Å². The minimum atomic E-state index is -0.219. The number of fused-ring (bicyclic) bond motifs is 1. The van der Waals surface area contributed by atoms with Gasteiger partial charge in [-0.1, -0.05) is 30.3 Å². The van der Waals surface area contributed by atoms with E-state index in [0.717, 1.165) is 22.2 Å². The van der Waals surface area contributed by atoms with Crippen molar-refractivity contribution < 1.29 is 9.59 Å². The summed E-state index contributed by atoms with van der Waals surface area (Å²) in [5.41, 5.74) is 3.19. The zero-order valence-electron chi connectivity index (χ0n) is 14.2. The van der Waals surface area contributed by atoms with E-state index in [0.29, 0.717) is 16.2 Å². The third kappa shape index (κ3) is 3.04. The number of benzene rings is 2. The quantitative estimate of drug-likeness (QED) is 0.742. The van der Waals surface area contributed by atoms with Crippen molar-refractivity contribution in [3.8, 4) is 0 Å². The van der Waals surface area contributed by atoms with Crippen molar-refractivity contribution >= 4 is 34.4 Å². The van der Waals surface area contributed by atoms with Crippen LogP contribution in [0.4, 0.5) is 0 Å². The average Bonchev–Trinajstić information content (AvgIpc) is 3.28. The van der Waals surface area contributed by atoms with Crippen molar-refractivity contribution in [3.05, 3.63) is 76.5 Å². The number of carbonyl (C=O) groups is 2. The Morgan fingerprint density at radius 3 is 2.77 bits per heavy atom. The second-order valence-electron chi connectivity index (χ2n) is 6.20. The molecule has 1 unspecified atom stereocenters. The van der Waals surface area contributed by atoms with Gasteiger partial charge in [0.05, 0.1) is 16.7 Å². The second-order valence-corrected chi connectivity index (χ2v) is 7.23. The van der Waals surface area contributed by atoms with Crippen molar-refractivity contribution in [1.29, 1.82) is 0 Å². The van der Waals surface area contributed by atoms with Gasteiger partial charge in [0.2, 0.25) is 0 Å². The van der Waals surface area contributed by atoms with E-state index < -0.39 is 0 Å². The number of rotatable bonds is 4. The number of aromatic nitrogens is 2. The summed E-state index contributed by atoms with van der Waals surface area (Å²) < 4.78 is 0. The largest absolute Gasteiger partial charge is 0.316 e. The van der Waals surface area contributed by atoms with Crippen LogP contribution >= 0.6 is 11.8 Å². The molecule has 0 saturated carbocycles. The van der Waals surface area contributed by atoms with Gasteiger partial charge >= 0.3 is 0 Å². The molecule has 0 spiro atoms. The molecule has 0 saturated heterocycles. The first kappa shape index (κ1) is 16.6. The van der Waals surface area contributed by atoms with Crippen LogP contribution in [0.3, 0.4) is 0 Å². The molecule has 3 aromatic rings. The van der Waals surface area contributed by atoms with Crippen molar-refractivity contribution in [3.63, 3.8) is 0 Å². The first-order valence-corrected chi connectivity index (χ1v) is 9.29. The standard InChI is InChI=1S/C20H17N3O2S/c1-12(24)18-16(13-5-3-2-4-6-13)11-26-20(18)22-19(25)14-7-8-17-15(9-14)10-21-23-17/h2-10,16H,11H2,1H3,(H,21,23)(H,22,25).